The summed E-state index contributed by atoms with van der Waals surface area (Å²) >= 11 is 0. The van der Waals surface area contributed by atoms with Crippen LogP contribution in [0.15, 0.2) is 35.1 Å². The Morgan fingerprint density at radius 2 is 2.25 bits per heavy atom. The van der Waals surface area contributed by atoms with Crippen molar-refractivity contribution in [1.29, 1.82) is 0 Å². The fourth-order valence-corrected chi connectivity index (χ4v) is 1.49. The van der Waals surface area contributed by atoms with Gasteiger partial charge in [0.1, 0.15) is 5.76 Å². The van der Waals surface area contributed by atoms with E-state index < -0.39 is 5.97 Å². The Balaban J connectivity index is 2.36. The van der Waals surface area contributed by atoms with Crippen molar-refractivity contribution in [2.75, 3.05) is 0 Å². The van der Waals surface area contributed by atoms with Crippen LogP contribution < -0.4 is 0 Å². The lowest BCUT2D eigenvalue weighted by Crippen LogP contribution is -1.99. The van der Waals surface area contributed by atoms with Crippen LogP contribution in [0.5, 0.6) is 0 Å². The molecule has 0 spiro atoms. The van der Waals surface area contributed by atoms with Gasteiger partial charge in [-0.3, -0.25) is 9.78 Å². The van der Waals surface area contributed by atoms with Crippen molar-refractivity contribution in [3.8, 4) is 11.3 Å². The number of rotatable bonds is 3. The molecule has 0 unspecified atom stereocenters. The molecule has 0 aromatic carbocycles. The van der Waals surface area contributed by atoms with Gasteiger partial charge < -0.3 is 9.52 Å². The van der Waals surface area contributed by atoms with E-state index in [-0.39, 0.29) is 6.42 Å². The zero-order valence-electron chi connectivity index (χ0n) is 8.80. The molecular formula is C12H11NO3. The van der Waals surface area contributed by atoms with E-state index in [0.29, 0.717) is 11.3 Å². The number of aromatic nitrogens is 1. The van der Waals surface area contributed by atoms with Crippen LogP contribution >= 0.6 is 0 Å². The number of pyridine rings is 1. The van der Waals surface area contributed by atoms with E-state index in [0.717, 1.165) is 11.3 Å². The third-order valence-electron chi connectivity index (χ3n) is 2.26. The van der Waals surface area contributed by atoms with Gasteiger partial charge in [0.05, 0.1) is 12.7 Å². The summed E-state index contributed by atoms with van der Waals surface area (Å²) in [7, 11) is 0. The van der Waals surface area contributed by atoms with Crippen LogP contribution in [0.3, 0.4) is 0 Å². The van der Waals surface area contributed by atoms with Crippen LogP contribution in [0, 0.1) is 6.92 Å². The summed E-state index contributed by atoms with van der Waals surface area (Å²) < 4.78 is 5.29. The molecule has 16 heavy (non-hydrogen) atoms. The van der Waals surface area contributed by atoms with E-state index >= 15 is 0 Å². The van der Waals surface area contributed by atoms with Crippen molar-refractivity contribution in [2.45, 2.75) is 13.3 Å². The average molecular weight is 217 g/mol. The van der Waals surface area contributed by atoms with E-state index in [1.807, 2.05) is 19.1 Å². The minimum Gasteiger partial charge on any atom is -0.481 e. The molecule has 0 fully saturated rings. The topological polar surface area (TPSA) is 63.3 Å². The Kier molecular flexibility index (Phi) is 2.72. The lowest BCUT2D eigenvalue weighted by Gasteiger charge is -2.00. The van der Waals surface area contributed by atoms with E-state index in [9.17, 15) is 4.79 Å². The normalized spacial score (nSPS) is 10.3. The van der Waals surface area contributed by atoms with E-state index in [1.54, 1.807) is 12.3 Å². The predicted molar refractivity (Wildman–Crippen MR) is 58.0 cm³/mol. The highest BCUT2D eigenvalue weighted by atomic mass is 16.4. The first-order chi connectivity index (χ1) is 7.66. The second-order valence-electron chi connectivity index (χ2n) is 3.53. The summed E-state index contributed by atoms with van der Waals surface area (Å²) in [4.78, 5) is 14.8. The van der Waals surface area contributed by atoms with Crippen molar-refractivity contribution in [1.82, 2.24) is 4.98 Å². The smallest absolute Gasteiger partial charge is 0.307 e. The maximum absolute atomic E-state index is 10.6. The maximum Gasteiger partial charge on any atom is 0.307 e. The molecule has 1 N–H and O–H groups in total. The molecule has 0 saturated carbocycles. The predicted octanol–water partition coefficient (Wildman–Crippen LogP) is 2.28. The number of aryl methyl sites for hydroxylation is 1. The Hall–Kier alpha value is -2.10. The standard InChI is InChI=1S/C12H11NO3/c1-8-2-3-10(7-13-8)12-9(4-5-16-12)6-11(14)15/h2-5,7H,6H2,1H3,(H,14,15). The monoisotopic (exact) mass is 217 g/mol. The summed E-state index contributed by atoms with van der Waals surface area (Å²) in [5.41, 5.74) is 2.38. The van der Waals surface area contributed by atoms with Crippen LogP contribution in [0.2, 0.25) is 0 Å². The van der Waals surface area contributed by atoms with E-state index in [4.69, 9.17) is 9.52 Å². The van der Waals surface area contributed by atoms with Gasteiger partial charge in [0.25, 0.3) is 0 Å². The highest BCUT2D eigenvalue weighted by Gasteiger charge is 2.11. The Bertz CT molecular complexity index is 499. The number of furan rings is 1. The molecule has 0 amide bonds. The molecule has 0 aliphatic heterocycles. The van der Waals surface area contributed by atoms with Gasteiger partial charge in [0.2, 0.25) is 0 Å². The Morgan fingerprint density at radius 1 is 1.44 bits per heavy atom. The van der Waals surface area contributed by atoms with Crippen LogP contribution in [0.1, 0.15) is 11.3 Å². The van der Waals surface area contributed by atoms with Crippen LogP contribution in [0.25, 0.3) is 11.3 Å². The zero-order chi connectivity index (χ0) is 11.5. The summed E-state index contributed by atoms with van der Waals surface area (Å²) in [6.45, 7) is 1.89. The van der Waals surface area contributed by atoms with Gasteiger partial charge >= 0.3 is 5.97 Å². The molecule has 0 bridgehead atoms. The third kappa shape index (κ3) is 2.11. The molecule has 4 heteroatoms. The van der Waals surface area contributed by atoms with Crippen molar-refractivity contribution >= 4 is 5.97 Å². The fourth-order valence-electron chi connectivity index (χ4n) is 1.49. The second kappa shape index (κ2) is 4.18. The molecule has 0 saturated heterocycles. The molecule has 2 aromatic heterocycles. The lowest BCUT2D eigenvalue weighted by molar-refractivity contribution is -0.136. The number of aliphatic carboxylic acids is 1. The first kappa shape index (κ1) is 10.4. The Morgan fingerprint density at radius 3 is 2.88 bits per heavy atom. The van der Waals surface area contributed by atoms with Crippen LogP contribution in [0.4, 0.5) is 0 Å². The average Bonchev–Trinajstić information content (AvgIpc) is 2.66. The molecule has 0 aliphatic rings. The van der Waals surface area contributed by atoms with Gasteiger partial charge in [0.15, 0.2) is 0 Å². The van der Waals surface area contributed by atoms with Crippen molar-refractivity contribution in [3.05, 3.63) is 41.9 Å². The van der Waals surface area contributed by atoms with Crippen molar-refractivity contribution in [3.63, 3.8) is 0 Å². The van der Waals surface area contributed by atoms with Gasteiger partial charge in [-0.1, -0.05) is 0 Å². The van der Waals surface area contributed by atoms with Gasteiger partial charge in [-0.05, 0) is 25.1 Å². The number of hydrogen-bond acceptors (Lipinski definition) is 3. The minimum absolute atomic E-state index is 0.0420. The number of carboxylic acids is 1. The molecule has 2 aromatic rings. The number of hydrogen-bond donors (Lipinski definition) is 1. The molecule has 0 atom stereocenters. The maximum atomic E-state index is 10.6. The molecule has 0 radical (unpaired) electrons. The highest BCUT2D eigenvalue weighted by molar-refractivity contribution is 5.74. The summed E-state index contributed by atoms with van der Waals surface area (Å²) in [6, 6.07) is 5.40. The highest BCUT2D eigenvalue weighted by Crippen LogP contribution is 2.24. The first-order valence-electron chi connectivity index (χ1n) is 4.88. The summed E-state index contributed by atoms with van der Waals surface area (Å²) in [5, 5.41) is 8.74. The lowest BCUT2D eigenvalue weighted by atomic mass is 10.1. The van der Waals surface area contributed by atoms with E-state index in [2.05, 4.69) is 4.98 Å². The van der Waals surface area contributed by atoms with Crippen molar-refractivity contribution in [2.24, 2.45) is 0 Å². The fraction of sp³-hybridized carbons (Fsp3) is 0.167. The number of carbonyl (C=O) groups is 1. The molecule has 4 nitrogen and oxygen atoms in total. The Labute approximate surface area is 92.6 Å². The SMILES string of the molecule is Cc1ccc(-c2occc2CC(=O)O)cn1. The van der Waals surface area contributed by atoms with E-state index in [1.165, 1.54) is 6.26 Å². The summed E-state index contributed by atoms with van der Waals surface area (Å²) in [6.07, 6.45) is 3.13. The molecule has 2 heterocycles. The quantitative estimate of drug-likeness (QED) is 0.856. The number of nitrogens with zero attached hydrogens (tertiary/aromatic N) is 1. The second-order valence-corrected chi connectivity index (χ2v) is 3.53. The molecule has 2 rings (SSSR count). The number of carboxylic acid groups (broad SMARTS) is 1. The van der Waals surface area contributed by atoms with Gasteiger partial charge in [-0.25, -0.2) is 0 Å². The molecule has 0 aliphatic carbocycles. The molecule has 82 valence electrons. The van der Waals surface area contributed by atoms with Crippen LogP contribution in [-0.2, 0) is 11.2 Å². The van der Waals surface area contributed by atoms with Crippen LogP contribution in [-0.4, -0.2) is 16.1 Å². The van der Waals surface area contributed by atoms with Gasteiger partial charge in [-0.2, -0.15) is 0 Å². The van der Waals surface area contributed by atoms with Crippen molar-refractivity contribution < 1.29 is 14.3 Å². The minimum atomic E-state index is -0.872. The zero-order valence-corrected chi connectivity index (χ0v) is 8.80. The first-order valence-corrected chi connectivity index (χ1v) is 4.88. The largest absolute Gasteiger partial charge is 0.481 e. The third-order valence-corrected chi connectivity index (χ3v) is 2.26. The van der Waals surface area contributed by atoms with Gasteiger partial charge in [-0.15, -0.1) is 0 Å². The summed E-state index contributed by atoms with van der Waals surface area (Å²) in [5.74, 6) is -0.294. The molecular weight excluding hydrogens is 206 g/mol. The van der Waals surface area contributed by atoms with Gasteiger partial charge in [0, 0.05) is 23.0 Å².